The molecule has 1 aliphatic heterocycles. The van der Waals surface area contributed by atoms with Crippen LogP contribution in [0.2, 0.25) is 0 Å². The van der Waals surface area contributed by atoms with Crippen LogP contribution in [-0.2, 0) is 9.53 Å². The van der Waals surface area contributed by atoms with Crippen LogP contribution in [0, 0.1) is 13.8 Å². The maximum Gasteiger partial charge on any atom is 0.260 e. The molecule has 0 aliphatic carbocycles. The van der Waals surface area contributed by atoms with Crippen LogP contribution in [0.4, 0.5) is 5.69 Å². The number of carbonyl (C=O) groups is 1. The number of aryl methyl sites for hydroxylation is 2. The minimum Gasteiger partial charge on any atom is -0.364 e. The Hall–Kier alpha value is -2.33. The number of hydrogen-bond acceptors (Lipinski definition) is 2. The van der Waals surface area contributed by atoms with Crippen LogP contribution in [0.25, 0.3) is 11.6 Å². The molecule has 0 spiro atoms. The van der Waals surface area contributed by atoms with Gasteiger partial charge in [0.15, 0.2) is 0 Å². The van der Waals surface area contributed by atoms with Gasteiger partial charge in [-0.15, -0.1) is 0 Å². The van der Waals surface area contributed by atoms with Crippen LogP contribution >= 0.6 is 0 Å². The number of amides is 1. The van der Waals surface area contributed by atoms with Crippen molar-refractivity contribution in [2.45, 2.75) is 27.7 Å². The van der Waals surface area contributed by atoms with Crippen molar-refractivity contribution < 1.29 is 9.53 Å². The predicted octanol–water partition coefficient (Wildman–Crippen LogP) is 4.15. The number of fused-ring (bicyclic) bond motifs is 1. The number of benzene rings is 1. The first kappa shape index (κ1) is 17.0. The number of methoxy groups -OCH3 is 1. The largest absolute Gasteiger partial charge is 0.364 e. The molecule has 0 atom stereocenters. The van der Waals surface area contributed by atoms with E-state index in [0.29, 0.717) is 5.57 Å². The standard InChI is InChI=1S/C17H18N2O2.C2H6/c1-11-8-12(2)18-15(11)9-14-13-6-4-5-7-16(13)19(10-21-3)17(14)20;1-2/h4-9,18H,10H2,1-3H3;1-2H3/b14-9-;. The van der Waals surface area contributed by atoms with Crippen molar-refractivity contribution in [2.24, 2.45) is 0 Å². The Labute approximate surface area is 137 Å². The van der Waals surface area contributed by atoms with Crippen molar-refractivity contribution in [3.8, 4) is 0 Å². The van der Waals surface area contributed by atoms with Gasteiger partial charge in [-0.2, -0.15) is 0 Å². The minimum atomic E-state index is -0.0234. The van der Waals surface area contributed by atoms with Crippen LogP contribution in [0.5, 0.6) is 0 Å². The van der Waals surface area contributed by atoms with E-state index >= 15 is 0 Å². The van der Waals surface area contributed by atoms with E-state index in [2.05, 4.69) is 11.1 Å². The third-order valence-corrected chi connectivity index (χ3v) is 3.70. The quantitative estimate of drug-likeness (QED) is 0.865. The van der Waals surface area contributed by atoms with Gasteiger partial charge in [-0.05, 0) is 37.6 Å². The molecule has 4 heteroatoms. The van der Waals surface area contributed by atoms with E-state index in [1.54, 1.807) is 12.0 Å². The topological polar surface area (TPSA) is 45.3 Å². The molecule has 1 aromatic carbocycles. The van der Waals surface area contributed by atoms with Gasteiger partial charge in [0.2, 0.25) is 0 Å². The summed E-state index contributed by atoms with van der Waals surface area (Å²) in [6.45, 7) is 8.31. The van der Waals surface area contributed by atoms with E-state index in [-0.39, 0.29) is 12.6 Å². The maximum absolute atomic E-state index is 12.6. The number of aromatic nitrogens is 1. The van der Waals surface area contributed by atoms with Crippen LogP contribution in [0.3, 0.4) is 0 Å². The molecule has 1 aromatic heterocycles. The fraction of sp³-hybridized carbons (Fsp3) is 0.316. The highest BCUT2D eigenvalue weighted by Gasteiger charge is 2.31. The lowest BCUT2D eigenvalue weighted by atomic mass is 10.1. The number of para-hydroxylation sites is 1. The lowest BCUT2D eigenvalue weighted by molar-refractivity contribution is -0.113. The first-order valence-electron chi connectivity index (χ1n) is 7.90. The van der Waals surface area contributed by atoms with Crippen molar-refractivity contribution in [3.05, 3.63) is 52.8 Å². The van der Waals surface area contributed by atoms with E-state index in [1.807, 2.05) is 58.0 Å². The van der Waals surface area contributed by atoms with Gasteiger partial charge in [0.25, 0.3) is 5.91 Å². The van der Waals surface area contributed by atoms with Crippen molar-refractivity contribution in [1.82, 2.24) is 4.98 Å². The van der Waals surface area contributed by atoms with Crippen molar-refractivity contribution in [1.29, 1.82) is 0 Å². The van der Waals surface area contributed by atoms with Crippen LogP contribution in [-0.4, -0.2) is 24.7 Å². The molecular weight excluding hydrogens is 288 g/mol. The molecule has 23 heavy (non-hydrogen) atoms. The molecule has 1 aliphatic rings. The fourth-order valence-corrected chi connectivity index (χ4v) is 2.75. The summed E-state index contributed by atoms with van der Waals surface area (Å²) < 4.78 is 5.15. The summed E-state index contributed by atoms with van der Waals surface area (Å²) in [5.41, 5.74) is 5.75. The highest BCUT2D eigenvalue weighted by molar-refractivity contribution is 6.35. The summed E-state index contributed by atoms with van der Waals surface area (Å²) in [7, 11) is 1.59. The van der Waals surface area contributed by atoms with Crippen LogP contribution in [0.1, 0.15) is 36.4 Å². The molecule has 0 saturated carbocycles. The van der Waals surface area contributed by atoms with Crippen molar-refractivity contribution >= 4 is 23.2 Å². The number of nitrogens with zero attached hydrogens (tertiary/aromatic N) is 1. The predicted molar refractivity (Wildman–Crippen MR) is 95.3 cm³/mol. The van der Waals surface area contributed by atoms with E-state index < -0.39 is 0 Å². The number of H-pyrrole nitrogens is 1. The Morgan fingerprint density at radius 2 is 1.91 bits per heavy atom. The number of ether oxygens (including phenoxy) is 1. The molecule has 0 saturated heterocycles. The van der Waals surface area contributed by atoms with Gasteiger partial charge in [0.05, 0.1) is 11.3 Å². The van der Waals surface area contributed by atoms with Crippen molar-refractivity contribution in [2.75, 3.05) is 18.7 Å². The third-order valence-electron chi connectivity index (χ3n) is 3.70. The molecule has 0 unspecified atom stereocenters. The second-order valence-corrected chi connectivity index (χ2v) is 5.28. The number of aromatic amines is 1. The second kappa shape index (κ2) is 7.29. The van der Waals surface area contributed by atoms with Gasteiger partial charge < -0.3 is 9.72 Å². The molecule has 0 fully saturated rings. The van der Waals surface area contributed by atoms with Crippen LogP contribution < -0.4 is 4.90 Å². The van der Waals surface area contributed by atoms with Gasteiger partial charge in [0, 0.05) is 24.1 Å². The van der Waals surface area contributed by atoms with Gasteiger partial charge in [-0.25, -0.2) is 0 Å². The smallest absolute Gasteiger partial charge is 0.260 e. The zero-order valence-corrected chi connectivity index (χ0v) is 14.4. The van der Waals surface area contributed by atoms with E-state index in [9.17, 15) is 4.79 Å². The zero-order chi connectivity index (χ0) is 17.0. The normalized spacial score (nSPS) is 14.7. The summed E-state index contributed by atoms with van der Waals surface area (Å²) in [5, 5.41) is 0. The van der Waals surface area contributed by atoms with Gasteiger partial charge in [-0.3, -0.25) is 9.69 Å². The number of anilines is 1. The SMILES string of the molecule is CC.COCN1C(=O)/C(=C\c2[nH]c(C)cc2C)c2ccccc21. The summed E-state index contributed by atoms with van der Waals surface area (Å²) >= 11 is 0. The molecule has 3 rings (SSSR count). The monoisotopic (exact) mass is 312 g/mol. The Kier molecular flexibility index (Phi) is 5.40. The van der Waals surface area contributed by atoms with Crippen molar-refractivity contribution in [3.63, 3.8) is 0 Å². The number of rotatable bonds is 3. The van der Waals surface area contributed by atoms with E-state index in [4.69, 9.17) is 4.74 Å². The average Bonchev–Trinajstić information content (AvgIpc) is 3.01. The zero-order valence-electron chi connectivity index (χ0n) is 14.4. The van der Waals surface area contributed by atoms with Crippen LogP contribution in [0.15, 0.2) is 30.3 Å². The maximum atomic E-state index is 12.6. The molecule has 122 valence electrons. The molecule has 2 aromatic rings. The van der Waals surface area contributed by atoms with Gasteiger partial charge >= 0.3 is 0 Å². The second-order valence-electron chi connectivity index (χ2n) is 5.28. The molecule has 2 heterocycles. The molecule has 1 amide bonds. The highest BCUT2D eigenvalue weighted by Crippen LogP contribution is 2.37. The summed E-state index contributed by atoms with van der Waals surface area (Å²) in [5.74, 6) is -0.0234. The molecule has 0 radical (unpaired) electrons. The molecule has 1 N–H and O–H groups in total. The van der Waals surface area contributed by atoms with Gasteiger partial charge in [0.1, 0.15) is 6.73 Å². The lowest BCUT2D eigenvalue weighted by Gasteiger charge is -2.15. The molecule has 4 nitrogen and oxygen atoms in total. The summed E-state index contributed by atoms with van der Waals surface area (Å²) in [4.78, 5) is 17.6. The minimum absolute atomic E-state index is 0.0234. The lowest BCUT2D eigenvalue weighted by Crippen LogP contribution is -2.28. The highest BCUT2D eigenvalue weighted by atomic mass is 16.5. The Morgan fingerprint density at radius 3 is 2.52 bits per heavy atom. The molecule has 0 bridgehead atoms. The number of hydrogen-bond donors (Lipinski definition) is 1. The Balaban J connectivity index is 0.000000924. The number of nitrogens with one attached hydrogen (secondary N) is 1. The first-order valence-corrected chi connectivity index (χ1v) is 7.90. The van der Waals surface area contributed by atoms with E-state index in [1.165, 1.54) is 0 Å². The summed E-state index contributed by atoms with van der Waals surface area (Å²) in [6, 6.07) is 9.87. The Morgan fingerprint density at radius 1 is 1.22 bits per heavy atom. The Bertz CT molecular complexity index is 729. The summed E-state index contributed by atoms with van der Waals surface area (Å²) in [6.07, 6.45) is 1.93. The number of carbonyl (C=O) groups excluding carboxylic acids is 1. The average molecular weight is 312 g/mol. The first-order chi connectivity index (χ1) is 11.1. The van der Waals surface area contributed by atoms with E-state index in [0.717, 1.165) is 28.2 Å². The third kappa shape index (κ3) is 3.22. The van der Waals surface area contributed by atoms with Gasteiger partial charge in [-0.1, -0.05) is 32.0 Å². The molecular formula is C19H24N2O2. The fourth-order valence-electron chi connectivity index (χ4n) is 2.75.